The zero-order valence-corrected chi connectivity index (χ0v) is 7.75. The summed E-state index contributed by atoms with van der Waals surface area (Å²) >= 11 is 0. The van der Waals surface area contributed by atoms with Crippen LogP contribution < -0.4 is 0 Å². The van der Waals surface area contributed by atoms with Crippen molar-refractivity contribution in [3.63, 3.8) is 0 Å². The molecule has 0 rings (SSSR count). The number of carboxylic acid groups (broad SMARTS) is 1. The van der Waals surface area contributed by atoms with Gasteiger partial charge in [0.15, 0.2) is 0 Å². The molecule has 0 radical (unpaired) electrons. The van der Waals surface area contributed by atoms with Gasteiger partial charge in [0.2, 0.25) is 0 Å². The van der Waals surface area contributed by atoms with E-state index in [1.807, 2.05) is 0 Å². The molecule has 0 aromatic rings. The van der Waals surface area contributed by atoms with Crippen molar-refractivity contribution in [2.45, 2.75) is 32.6 Å². The van der Waals surface area contributed by atoms with Crippen LogP contribution in [0.1, 0.15) is 32.6 Å². The molecular formula is C10H18O2. The van der Waals surface area contributed by atoms with Gasteiger partial charge in [-0.2, -0.15) is 0 Å². The van der Waals surface area contributed by atoms with E-state index in [-0.39, 0.29) is 0 Å². The zero-order chi connectivity index (χ0) is 9.82. The molecule has 0 spiro atoms. The molecule has 0 bridgehead atoms. The van der Waals surface area contributed by atoms with Crippen molar-refractivity contribution < 1.29 is 9.90 Å². The van der Waals surface area contributed by atoms with Gasteiger partial charge in [-0.05, 0) is 6.42 Å². The lowest BCUT2D eigenvalue weighted by molar-refractivity contribution is -0.137. The molecule has 0 unspecified atom stereocenters. The minimum atomic E-state index is -0.682. The molecule has 1 N–H and O–H groups in total. The van der Waals surface area contributed by atoms with Crippen molar-refractivity contribution in [2.24, 2.45) is 0 Å². The Bertz CT molecular complexity index is 122. The molecule has 12 heavy (non-hydrogen) atoms. The van der Waals surface area contributed by atoms with Crippen molar-refractivity contribution in [2.75, 3.05) is 0 Å². The predicted octanol–water partition coefficient (Wildman–Crippen LogP) is 3.01. The zero-order valence-electron chi connectivity index (χ0n) is 7.75. The molecular weight excluding hydrogens is 152 g/mol. The van der Waals surface area contributed by atoms with Crippen LogP contribution in [0.2, 0.25) is 0 Å². The van der Waals surface area contributed by atoms with Gasteiger partial charge in [-0.1, -0.05) is 45.1 Å². The second-order valence-electron chi connectivity index (χ2n) is 2.32. The summed E-state index contributed by atoms with van der Waals surface area (Å²) < 4.78 is 0. The number of hydrogen-bond donors (Lipinski definition) is 1. The van der Waals surface area contributed by atoms with Crippen molar-refractivity contribution in [3.8, 4) is 0 Å². The summed E-state index contributed by atoms with van der Waals surface area (Å²) in [6.07, 6.45) is 6.55. The highest BCUT2D eigenvalue weighted by Crippen LogP contribution is 1.97. The molecule has 70 valence electrons. The van der Waals surface area contributed by atoms with Crippen LogP contribution in [0.3, 0.4) is 0 Å². The molecule has 2 heteroatoms. The lowest BCUT2D eigenvalue weighted by atomic mass is 10.2. The number of carboxylic acids is 1. The Morgan fingerprint density at radius 2 is 1.83 bits per heavy atom. The van der Waals surface area contributed by atoms with Gasteiger partial charge in [0.1, 0.15) is 0 Å². The van der Waals surface area contributed by atoms with E-state index in [9.17, 15) is 4.79 Å². The van der Waals surface area contributed by atoms with Gasteiger partial charge in [0.25, 0.3) is 0 Å². The van der Waals surface area contributed by atoms with Gasteiger partial charge in [-0.3, -0.25) is 4.79 Å². The molecule has 0 aromatic carbocycles. The van der Waals surface area contributed by atoms with E-state index >= 15 is 0 Å². The Morgan fingerprint density at radius 1 is 1.33 bits per heavy atom. The summed E-state index contributed by atoms with van der Waals surface area (Å²) in [4.78, 5) is 9.87. The molecule has 0 heterocycles. The molecule has 0 aliphatic heterocycles. The maximum Gasteiger partial charge on any atom is 0.303 e. The standard InChI is InChI=1S/C6H12O2.C4H6/c1-2-3-4-5-6(7)8;1-3-4-2/h2-5H2,1H3,(H,7,8);3-4H,1-2H2. The van der Waals surface area contributed by atoms with Crippen LogP contribution in [-0.4, -0.2) is 11.1 Å². The lowest BCUT2D eigenvalue weighted by Gasteiger charge is -1.89. The number of unbranched alkanes of at least 4 members (excludes halogenated alkanes) is 2. The van der Waals surface area contributed by atoms with Gasteiger partial charge in [0, 0.05) is 6.42 Å². The fraction of sp³-hybridized carbons (Fsp3) is 0.500. The number of rotatable bonds is 5. The molecule has 0 fully saturated rings. The Hall–Kier alpha value is -1.05. The topological polar surface area (TPSA) is 37.3 Å². The molecule has 0 aliphatic carbocycles. The number of carbonyl (C=O) groups is 1. The Balaban J connectivity index is 0. The highest BCUT2D eigenvalue weighted by molar-refractivity contribution is 5.66. The monoisotopic (exact) mass is 170 g/mol. The first kappa shape index (κ1) is 13.5. The fourth-order valence-electron chi connectivity index (χ4n) is 0.526. The first-order valence-electron chi connectivity index (χ1n) is 4.14. The SMILES string of the molecule is C=CC=C.CCCCCC(=O)O. The second-order valence-corrected chi connectivity index (χ2v) is 2.32. The summed E-state index contributed by atoms with van der Waals surface area (Å²) in [7, 11) is 0. The van der Waals surface area contributed by atoms with Crippen molar-refractivity contribution >= 4 is 5.97 Å². The minimum absolute atomic E-state index is 0.327. The molecule has 0 aliphatic rings. The average molecular weight is 170 g/mol. The third-order valence-corrected chi connectivity index (χ3v) is 1.16. The van der Waals surface area contributed by atoms with E-state index in [1.165, 1.54) is 0 Å². The fourth-order valence-corrected chi connectivity index (χ4v) is 0.526. The van der Waals surface area contributed by atoms with Gasteiger partial charge in [0.05, 0.1) is 0 Å². The minimum Gasteiger partial charge on any atom is -0.481 e. The third-order valence-electron chi connectivity index (χ3n) is 1.16. The largest absolute Gasteiger partial charge is 0.481 e. The average Bonchev–Trinajstić information content (AvgIpc) is 2.05. The summed E-state index contributed by atoms with van der Waals surface area (Å²) in [5, 5.41) is 8.14. The quantitative estimate of drug-likeness (QED) is 0.508. The van der Waals surface area contributed by atoms with E-state index < -0.39 is 5.97 Å². The number of allylic oxidation sites excluding steroid dienone is 2. The third kappa shape index (κ3) is 23.1. The molecule has 0 saturated heterocycles. The molecule has 0 atom stereocenters. The maximum absolute atomic E-state index is 9.87. The van der Waals surface area contributed by atoms with E-state index in [2.05, 4.69) is 20.1 Å². The van der Waals surface area contributed by atoms with Crippen LogP contribution in [0.25, 0.3) is 0 Å². The summed E-state index contributed by atoms with van der Waals surface area (Å²) in [5.74, 6) is -0.682. The van der Waals surface area contributed by atoms with E-state index in [4.69, 9.17) is 5.11 Å². The molecule has 0 saturated carbocycles. The van der Waals surface area contributed by atoms with Crippen LogP contribution >= 0.6 is 0 Å². The maximum atomic E-state index is 9.87. The van der Waals surface area contributed by atoms with Gasteiger partial charge >= 0.3 is 5.97 Å². The molecule has 0 amide bonds. The number of aliphatic carboxylic acids is 1. The van der Waals surface area contributed by atoms with Gasteiger partial charge in [-0.15, -0.1) is 0 Å². The van der Waals surface area contributed by atoms with Crippen LogP contribution in [-0.2, 0) is 4.79 Å². The van der Waals surface area contributed by atoms with Gasteiger partial charge < -0.3 is 5.11 Å². The van der Waals surface area contributed by atoms with Crippen LogP contribution in [0.4, 0.5) is 0 Å². The summed E-state index contributed by atoms with van der Waals surface area (Å²) in [6.45, 7) is 8.78. The Morgan fingerprint density at radius 3 is 2.08 bits per heavy atom. The summed E-state index contributed by atoms with van der Waals surface area (Å²) in [5.41, 5.74) is 0. The van der Waals surface area contributed by atoms with Gasteiger partial charge in [-0.25, -0.2) is 0 Å². The lowest BCUT2D eigenvalue weighted by Crippen LogP contribution is -1.92. The predicted molar refractivity (Wildman–Crippen MR) is 52.2 cm³/mol. The highest BCUT2D eigenvalue weighted by Gasteiger charge is 1.92. The first-order chi connectivity index (χ1) is 5.68. The van der Waals surface area contributed by atoms with Crippen molar-refractivity contribution in [3.05, 3.63) is 25.3 Å². The van der Waals surface area contributed by atoms with Crippen molar-refractivity contribution in [1.82, 2.24) is 0 Å². The number of hydrogen-bond acceptors (Lipinski definition) is 1. The van der Waals surface area contributed by atoms with Crippen molar-refractivity contribution in [1.29, 1.82) is 0 Å². The highest BCUT2D eigenvalue weighted by atomic mass is 16.4. The normalized spacial score (nSPS) is 7.75. The van der Waals surface area contributed by atoms with Crippen LogP contribution in [0.5, 0.6) is 0 Å². The molecule has 2 nitrogen and oxygen atoms in total. The second kappa shape index (κ2) is 12.6. The first-order valence-corrected chi connectivity index (χ1v) is 4.14. The van der Waals surface area contributed by atoms with Crippen LogP contribution in [0.15, 0.2) is 25.3 Å². The Kier molecular flexibility index (Phi) is 14.2. The van der Waals surface area contributed by atoms with Crippen LogP contribution in [0, 0.1) is 0 Å². The molecule has 0 aromatic heterocycles. The van der Waals surface area contributed by atoms with E-state index in [1.54, 1.807) is 12.2 Å². The smallest absolute Gasteiger partial charge is 0.303 e. The summed E-state index contributed by atoms with van der Waals surface area (Å²) in [6, 6.07) is 0. The van der Waals surface area contributed by atoms with E-state index in [0.29, 0.717) is 6.42 Å². The van der Waals surface area contributed by atoms with E-state index in [0.717, 1.165) is 19.3 Å². The Labute approximate surface area is 74.6 Å².